The molecule has 1 aliphatic rings. The van der Waals surface area contributed by atoms with Gasteiger partial charge >= 0.3 is 10.1 Å². The van der Waals surface area contributed by atoms with Crippen molar-refractivity contribution in [2.24, 2.45) is 0 Å². The molecule has 0 N–H and O–H groups in total. The monoisotopic (exact) mass is 578 g/mol. The van der Waals surface area contributed by atoms with E-state index in [2.05, 4.69) is 0 Å². The largest absolute Gasteiger partial charge is 0.493 e. The molecule has 1 saturated heterocycles. The highest BCUT2D eigenvalue weighted by Gasteiger charge is 2.42. The van der Waals surface area contributed by atoms with Gasteiger partial charge < -0.3 is 18.4 Å². The minimum absolute atomic E-state index is 0.00768. The summed E-state index contributed by atoms with van der Waals surface area (Å²) in [6.45, 7) is 3.03. The molecule has 0 unspecified atom stereocenters. The van der Waals surface area contributed by atoms with Gasteiger partial charge in [-0.15, -0.1) is 0 Å². The number of nitrogens with zero attached hydrogens (tertiary/aromatic N) is 2. The average molecular weight is 579 g/mol. The third-order valence-corrected chi connectivity index (χ3v) is 10.3. The van der Waals surface area contributed by atoms with E-state index in [-0.39, 0.29) is 40.1 Å². The number of benzene rings is 2. The molecule has 0 spiro atoms. The molecule has 15 heteroatoms. The second-order valence-corrected chi connectivity index (χ2v) is 13.8. The highest BCUT2D eigenvalue weighted by molar-refractivity contribution is 7.89. The second kappa shape index (κ2) is 10.6. The van der Waals surface area contributed by atoms with Crippen molar-refractivity contribution in [3.63, 3.8) is 0 Å². The molecule has 0 bridgehead atoms. The Morgan fingerprint density at radius 1 is 0.649 bits per heavy atom. The quantitative estimate of drug-likeness (QED) is 0.402. The smallest absolute Gasteiger partial charge is 0.306 e. The molecule has 1 aliphatic heterocycles. The molecule has 12 nitrogen and oxygen atoms in total. The minimum atomic E-state index is -4.10. The third-order valence-electron chi connectivity index (χ3n) is 5.82. The fourth-order valence-electron chi connectivity index (χ4n) is 4.02. The van der Waals surface area contributed by atoms with E-state index in [9.17, 15) is 25.3 Å². The molecular weight excluding hydrogens is 548 g/mol. The fraction of sp³-hybridized carbons (Fsp3) is 0.455. The first-order valence-electron chi connectivity index (χ1n) is 11.0. The van der Waals surface area contributed by atoms with Crippen LogP contribution in [0.25, 0.3) is 0 Å². The van der Waals surface area contributed by atoms with E-state index in [0.29, 0.717) is 5.75 Å². The van der Waals surface area contributed by atoms with Crippen LogP contribution in [-0.4, -0.2) is 86.6 Å². The van der Waals surface area contributed by atoms with Gasteiger partial charge in [-0.1, -0.05) is 0 Å². The topological polar surface area (TPSA) is 146 Å². The molecule has 0 saturated carbocycles. The molecule has 0 radical (unpaired) electrons. The number of piperazine rings is 1. The summed E-state index contributed by atoms with van der Waals surface area (Å²) in [6.07, 6.45) is 0.857. The average Bonchev–Trinajstić information content (AvgIpc) is 2.83. The SMILES string of the molecule is COc1ccc(S(=O)(=O)N2C[C@H](C)N(S(=O)(=O)c3ccc(OS(C)(=O)=O)c(OC)c3)C[C@@H]2C)cc1OC. The number of rotatable bonds is 9. The summed E-state index contributed by atoms with van der Waals surface area (Å²) >= 11 is 0. The van der Waals surface area contributed by atoms with Crippen LogP contribution in [0, 0.1) is 0 Å². The van der Waals surface area contributed by atoms with Crippen molar-refractivity contribution in [3.05, 3.63) is 36.4 Å². The maximum atomic E-state index is 13.5. The lowest BCUT2D eigenvalue weighted by Crippen LogP contribution is -2.59. The van der Waals surface area contributed by atoms with Gasteiger partial charge in [0.15, 0.2) is 23.0 Å². The molecule has 206 valence electrons. The van der Waals surface area contributed by atoms with Crippen LogP contribution in [0.2, 0.25) is 0 Å². The van der Waals surface area contributed by atoms with Crippen LogP contribution in [-0.2, 0) is 30.2 Å². The Kier molecular flexibility index (Phi) is 8.34. The maximum Gasteiger partial charge on any atom is 0.306 e. The van der Waals surface area contributed by atoms with Gasteiger partial charge in [0.2, 0.25) is 20.0 Å². The number of sulfonamides is 2. The molecule has 2 aromatic rings. The van der Waals surface area contributed by atoms with Crippen LogP contribution >= 0.6 is 0 Å². The molecule has 2 atom stereocenters. The number of ether oxygens (including phenoxy) is 3. The summed E-state index contributed by atoms with van der Waals surface area (Å²) in [7, 11) is -7.85. The second-order valence-electron chi connectivity index (χ2n) is 8.46. The molecule has 1 fully saturated rings. The number of hydrogen-bond acceptors (Lipinski definition) is 10. The summed E-state index contributed by atoms with van der Waals surface area (Å²) in [5, 5.41) is 0. The van der Waals surface area contributed by atoms with Crippen molar-refractivity contribution >= 4 is 30.2 Å². The Morgan fingerprint density at radius 2 is 1.03 bits per heavy atom. The van der Waals surface area contributed by atoms with E-state index < -0.39 is 42.2 Å². The lowest BCUT2D eigenvalue weighted by molar-refractivity contribution is 0.163. The summed E-state index contributed by atoms with van der Waals surface area (Å²) < 4.78 is 99.7. The minimum Gasteiger partial charge on any atom is -0.493 e. The van der Waals surface area contributed by atoms with Crippen molar-refractivity contribution in [2.75, 3.05) is 40.7 Å². The summed E-state index contributed by atoms with van der Waals surface area (Å²) in [6, 6.07) is 6.42. The van der Waals surface area contributed by atoms with E-state index in [0.717, 1.165) is 6.26 Å². The first-order chi connectivity index (χ1) is 17.1. The first kappa shape index (κ1) is 29.0. The van der Waals surface area contributed by atoms with Gasteiger partial charge in [-0.3, -0.25) is 0 Å². The normalized spacial score (nSPS) is 19.8. The predicted octanol–water partition coefficient (Wildman–Crippen LogP) is 1.52. The van der Waals surface area contributed by atoms with E-state index in [4.69, 9.17) is 18.4 Å². The molecule has 0 amide bonds. The summed E-state index contributed by atoms with van der Waals surface area (Å²) in [5.74, 6) is 0.392. The number of hydrogen-bond donors (Lipinski definition) is 0. The van der Waals surface area contributed by atoms with E-state index in [1.807, 2.05) is 0 Å². The number of methoxy groups -OCH3 is 3. The van der Waals surface area contributed by atoms with Gasteiger partial charge in [-0.05, 0) is 38.1 Å². The Bertz CT molecular complexity index is 1470. The summed E-state index contributed by atoms with van der Waals surface area (Å²) in [5.41, 5.74) is 0. The van der Waals surface area contributed by atoms with Gasteiger partial charge in [0, 0.05) is 37.3 Å². The van der Waals surface area contributed by atoms with Crippen molar-refractivity contribution in [2.45, 2.75) is 35.7 Å². The zero-order valence-corrected chi connectivity index (χ0v) is 23.7. The Hall–Kier alpha value is -2.59. The van der Waals surface area contributed by atoms with E-state index in [1.165, 1.54) is 66.3 Å². The third kappa shape index (κ3) is 5.95. The Labute approximate surface area is 217 Å². The van der Waals surface area contributed by atoms with E-state index >= 15 is 0 Å². The van der Waals surface area contributed by atoms with Crippen molar-refractivity contribution in [1.82, 2.24) is 8.61 Å². The van der Waals surface area contributed by atoms with Crippen LogP contribution in [0.3, 0.4) is 0 Å². The highest BCUT2D eigenvalue weighted by Crippen LogP contribution is 2.35. The van der Waals surface area contributed by atoms with Gasteiger partial charge in [0.05, 0.1) is 37.4 Å². The van der Waals surface area contributed by atoms with Crippen LogP contribution < -0.4 is 18.4 Å². The molecular formula is C22H30N2O10S3. The zero-order chi connectivity index (χ0) is 27.8. The fourth-order valence-corrected chi connectivity index (χ4v) is 7.92. The molecule has 37 heavy (non-hydrogen) atoms. The van der Waals surface area contributed by atoms with Crippen molar-refractivity contribution in [3.8, 4) is 23.0 Å². The molecule has 0 aromatic heterocycles. The Morgan fingerprint density at radius 3 is 1.41 bits per heavy atom. The highest BCUT2D eigenvalue weighted by atomic mass is 32.2. The maximum absolute atomic E-state index is 13.5. The van der Waals surface area contributed by atoms with Crippen LogP contribution in [0.5, 0.6) is 23.0 Å². The summed E-state index contributed by atoms with van der Waals surface area (Å²) in [4.78, 5) is -0.160. The van der Waals surface area contributed by atoms with Crippen LogP contribution in [0.15, 0.2) is 46.2 Å². The standard InChI is InChI=1S/C22H30N2O10S3/c1-15-14-24(37(29,30)18-8-10-20(22(12-18)33-5)34-35(6,25)26)16(2)13-23(15)36(27,28)17-7-9-19(31-3)21(11-17)32-4/h7-12,15-16H,13-14H2,1-6H3/t15-,16-/m0/s1. The van der Waals surface area contributed by atoms with Crippen LogP contribution in [0.1, 0.15) is 13.8 Å². The zero-order valence-electron chi connectivity index (χ0n) is 21.2. The molecule has 0 aliphatic carbocycles. The lowest BCUT2D eigenvalue weighted by atomic mass is 10.2. The van der Waals surface area contributed by atoms with Crippen molar-refractivity contribution < 1.29 is 43.6 Å². The predicted molar refractivity (Wildman–Crippen MR) is 135 cm³/mol. The van der Waals surface area contributed by atoms with Gasteiger partial charge in [-0.25, -0.2) is 16.8 Å². The van der Waals surface area contributed by atoms with Gasteiger partial charge in [0.25, 0.3) is 0 Å². The molecule has 1 heterocycles. The molecule has 2 aromatic carbocycles. The van der Waals surface area contributed by atoms with Crippen molar-refractivity contribution in [1.29, 1.82) is 0 Å². The van der Waals surface area contributed by atoms with Gasteiger partial charge in [0.1, 0.15) is 0 Å². The van der Waals surface area contributed by atoms with Crippen LogP contribution in [0.4, 0.5) is 0 Å². The van der Waals surface area contributed by atoms with Gasteiger partial charge in [-0.2, -0.15) is 17.0 Å². The lowest BCUT2D eigenvalue weighted by Gasteiger charge is -2.42. The first-order valence-corrected chi connectivity index (χ1v) is 15.7. The van der Waals surface area contributed by atoms with E-state index in [1.54, 1.807) is 13.8 Å². The molecule has 3 rings (SSSR count). The Balaban J connectivity index is 1.90.